The molecule has 0 aromatic heterocycles. The van der Waals surface area contributed by atoms with E-state index in [1.807, 2.05) is 0 Å². The summed E-state index contributed by atoms with van der Waals surface area (Å²) in [5.41, 5.74) is 1.08. The van der Waals surface area contributed by atoms with Crippen LogP contribution >= 0.6 is 11.6 Å². The molecule has 0 atom stereocenters. The number of hydrogen-bond acceptors (Lipinski definition) is 3. The lowest BCUT2D eigenvalue weighted by Gasteiger charge is -2.05. The lowest BCUT2D eigenvalue weighted by molar-refractivity contribution is 0.255. The van der Waals surface area contributed by atoms with E-state index in [9.17, 15) is 13.2 Å². The highest BCUT2D eigenvalue weighted by Crippen LogP contribution is 2.15. The maximum Gasteiger partial charge on any atom is 0.323 e. The molecule has 0 spiro atoms. The molecule has 0 heterocycles. The fourth-order valence-electron chi connectivity index (χ4n) is 1.69. The van der Waals surface area contributed by atoms with Gasteiger partial charge in [-0.05, 0) is 42.0 Å². The van der Waals surface area contributed by atoms with Crippen LogP contribution in [-0.4, -0.2) is 19.0 Å². The lowest BCUT2D eigenvalue weighted by Crippen LogP contribution is -2.23. The Labute approximate surface area is 138 Å². The summed E-state index contributed by atoms with van der Waals surface area (Å²) in [6, 6.07) is 11.7. The van der Waals surface area contributed by atoms with Gasteiger partial charge in [-0.2, -0.15) is 8.42 Å². The van der Waals surface area contributed by atoms with Gasteiger partial charge < -0.3 is 10.6 Å². The predicted molar refractivity (Wildman–Crippen MR) is 88.9 cm³/mol. The minimum atomic E-state index is -4.31. The molecular formula is C15H13ClN2O4S. The van der Waals surface area contributed by atoms with Crippen molar-refractivity contribution in [3.8, 4) is 0 Å². The Hall–Kier alpha value is -2.35. The molecule has 2 amide bonds. The molecule has 2 aromatic rings. The van der Waals surface area contributed by atoms with Gasteiger partial charge >= 0.3 is 6.03 Å². The number of carbonyl (C=O) groups excluding carboxylic acids is 1. The Bertz CT molecular complexity index is 833. The number of hydrogen-bond donors (Lipinski definition) is 3. The molecule has 0 aliphatic rings. The second-order valence-electron chi connectivity index (χ2n) is 4.49. The maximum absolute atomic E-state index is 11.7. The van der Waals surface area contributed by atoms with Crippen molar-refractivity contribution in [2.45, 2.75) is 4.90 Å². The largest absolute Gasteiger partial charge is 0.323 e. The van der Waals surface area contributed by atoms with Crippen molar-refractivity contribution in [3.05, 3.63) is 65.3 Å². The van der Waals surface area contributed by atoms with Crippen molar-refractivity contribution >= 4 is 39.5 Å². The minimum Gasteiger partial charge on any atom is -0.314 e. The first-order valence-electron chi connectivity index (χ1n) is 6.42. The summed E-state index contributed by atoms with van der Waals surface area (Å²) in [6.07, 6.45) is 3.11. The van der Waals surface area contributed by atoms with Crippen molar-refractivity contribution in [1.82, 2.24) is 5.32 Å². The van der Waals surface area contributed by atoms with Crippen LogP contribution in [0.4, 0.5) is 10.5 Å². The summed E-state index contributed by atoms with van der Waals surface area (Å²) in [5, 5.41) is 5.55. The van der Waals surface area contributed by atoms with Gasteiger partial charge in [0.15, 0.2) is 0 Å². The van der Waals surface area contributed by atoms with Crippen molar-refractivity contribution in [3.63, 3.8) is 0 Å². The van der Waals surface area contributed by atoms with E-state index in [2.05, 4.69) is 10.6 Å². The third-order valence-electron chi connectivity index (χ3n) is 2.75. The van der Waals surface area contributed by atoms with E-state index in [1.54, 1.807) is 30.3 Å². The standard InChI is InChI=1S/C15H13ClN2O4S/c16-12-6-4-11(5-7-12)8-9-17-15(19)18-13-2-1-3-14(10-13)23(20,21)22/h1-10H,(H2,17,18,19)(H,20,21,22)/b9-8+. The first kappa shape index (κ1) is 17.0. The zero-order chi connectivity index (χ0) is 16.9. The molecule has 0 saturated carbocycles. The Kier molecular flexibility index (Phi) is 5.38. The van der Waals surface area contributed by atoms with Crippen LogP contribution in [0.15, 0.2) is 59.6 Å². The molecule has 0 aliphatic carbocycles. The third-order valence-corrected chi connectivity index (χ3v) is 3.85. The van der Waals surface area contributed by atoms with Crippen molar-refractivity contribution in [2.75, 3.05) is 5.32 Å². The van der Waals surface area contributed by atoms with E-state index in [1.165, 1.54) is 24.4 Å². The van der Waals surface area contributed by atoms with Crippen LogP contribution in [0.25, 0.3) is 6.08 Å². The molecule has 6 nitrogen and oxygen atoms in total. The van der Waals surface area contributed by atoms with E-state index < -0.39 is 16.1 Å². The van der Waals surface area contributed by atoms with Gasteiger partial charge in [0.2, 0.25) is 0 Å². The molecule has 3 N–H and O–H groups in total. The number of urea groups is 1. The number of anilines is 1. The molecule has 0 saturated heterocycles. The molecule has 0 fully saturated rings. The molecular weight excluding hydrogens is 340 g/mol. The Balaban J connectivity index is 1.96. The van der Waals surface area contributed by atoms with Crippen LogP contribution < -0.4 is 10.6 Å². The zero-order valence-corrected chi connectivity index (χ0v) is 13.3. The molecule has 2 aromatic carbocycles. The van der Waals surface area contributed by atoms with Crippen molar-refractivity contribution in [1.29, 1.82) is 0 Å². The van der Waals surface area contributed by atoms with Gasteiger partial charge in [0.25, 0.3) is 10.1 Å². The fraction of sp³-hybridized carbons (Fsp3) is 0. The molecule has 0 radical (unpaired) electrons. The van der Waals surface area contributed by atoms with Gasteiger partial charge in [-0.25, -0.2) is 4.79 Å². The second-order valence-corrected chi connectivity index (χ2v) is 6.34. The molecule has 23 heavy (non-hydrogen) atoms. The number of carbonyl (C=O) groups is 1. The number of nitrogens with one attached hydrogen (secondary N) is 2. The van der Waals surface area contributed by atoms with E-state index >= 15 is 0 Å². The lowest BCUT2D eigenvalue weighted by atomic mass is 10.2. The van der Waals surface area contributed by atoms with Crippen LogP contribution in [0.2, 0.25) is 5.02 Å². The van der Waals surface area contributed by atoms with E-state index in [0.717, 1.165) is 11.6 Å². The maximum atomic E-state index is 11.7. The number of halogens is 1. The smallest absolute Gasteiger partial charge is 0.314 e. The second kappa shape index (κ2) is 7.28. The quantitative estimate of drug-likeness (QED) is 0.735. The van der Waals surface area contributed by atoms with Crippen LogP contribution in [0.5, 0.6) is 0 Å². The highest BCUT2D eigenvalue weighted by molar-refractivity contribution is 7.85. The Morgan fingerprint density at radius 1 is 1.13 bits per heavy atom. The van der Waals surface area contributed by atoms with E-state index in [-0.39, 0.29) is 10.6 Å². The predicted octanol–water partition coefficient (Wildman–Crippen LogP) is 3.38. The van der Waals surface area contributed by atoms with E-state index in [0.29, 0.717) is 5.02 Å². The molecule has 120 valence electrons. The highest BCUT2D eigenvalue weighted by atomic mass is 35.5. The monoisotopic (exact) mass is 352 g/mol. The number of rotatable bonds is 4. The minimum absolute atomic E-state index is 0.234. The Morgan fingerprint density at radius 3 is 2.48 bits per heavy atom. The van der Waals surface area contributed by atoms with Gasteiger partial charge in [-0.3, -0.25) is 4.55 Å². The normalized spacial score (nSPS) is 11.4. The van der Waals surface area contributed by atoms with Crippen LogP contribution in [0, 0.1) is 0 Å². The summed E-state index contributed by atoms with van der Waals surface area (Å²) < 4.78 is 31.0. The topological polar surface area (TPSA) is 95.5 Å². The van der Waals surface area contributed by atoms with Gasteiger partial charge in [-0.1, -0.05) is 29.8 Å². The van der Waals surface area contributed by atoms with Gasteiger partial charge in [0.1, 0.15) is 0 Å². The van der Waals surface area contributed by atoms with Crippen molar-refractivity contribution < 1.29 is 17.8 Å². The highest BCUT2D eigenvalue weighted by Gasteiger charge is 2.10. The van der Waals surface area contributed by atoms with Gasteiger partial charge in [0.05, 0.1) is 4.90 Å². The summed E-state index contributed by atoms with van der Waals surface area (Å²) in [4.78, 5) is 11.4. The summed E-state index contributed by atoms with van der Waals surface area (Å²) in [7, 11) is -4.31. The number of benzene rings is 2. The van der Waals surface area contributed by atoms with E-state index in [4.69, 9.17) is 16.2 Å². The number of amides is 2. The van der Waals surface area contributed by atoms with Crippen LogP contribution in [0.3, 0.4) is 0 Å². The SMILES string of the molecule is O=C(N/C=C/c1ccc(Cl)cc1)Nc1cccc(S(=O)(=O)O)c1. The molecule has 2 rings (SSSR count). The molecule has 0 unspecified atom stereocenters. The first-order valence-corrected chi connectivity index (χ1v) is 8.23. The summed E-state index contributed by atoms with van der Waals surface area (Å²) in [6.45, 7) is 0. The average Bonchev–Trinajstić information content (AvgIpc) is 2.49. The fourth-order valence-corrected chi connectivity index (χ4v) is 2.34. The summed E-state index contributed by atoms with van der Waals surface area (Å²) in [5.74, 6) is 0. The first-order chi connectivity index (χ1) is 10.8. The van der Waals surface area contributed by atoms with Crippen LogP contribution in [0.1, 0.15) is 5.56 Å². The van der Waals surface area contributed by atoms with Gasteiger partial charge in [-0.15, -0.1) is 0 Å². The third kappa shape index (κ3) is 5.41. The molecule has 0 bridgehead atoms. The van der Waals surface area contributed by atoms with Crippen LogP contribution in [-0.2, 0) is 10.1 Å². The zero-order valence-electron chi connectivity index (χ0n) is 11.7. The average molecular weight is 353 g/mol. The Morgan fingerprint density at radius 2 is 1.83 bits per heavy atom. The van der Waals surface area contributed by atoms with Crippen molar-refractivity contribution in [2.24, 2.45) is 0 Å². The van der Waals surface area contributed by atoms with Gasteiger partial charge in [0, 0.05) is 16.9 Å². The summed E-state index contributed by atoms with van der Waals surface area (Å²) >= 11 is 5.77. The molecule has 0 aliphatic heterocycles. The molecule has 8 heteroatoms.